The molecule has 0 fully saturated rings. The fourth-order valence-electron chi connectivity index (χ4n) is 2.13. The maximum absolute atomic E-state index is 11.9. The van der Waals surface area contributed by atoms with Gasteiger partial charge in [-0.3, -0.25) is 4.79 Å². The van der Waals surface area contributed by atoms with E-state index < -0.39 is 5.60 Å². The third-order valence-corrected chi connectivity index (χ3v) is 4.59. The second kappa shape index (κ2) is 6.41. The molecule has 5 nitrogen and oxygen atoms in total. The van der Waals surface area contributed by atoms with Gasteiger partial charge in [-0.1, -0.05) is 11.2 Å². The van der Waals surface area contributed by atoms with E-state index in [9.17, 15) is 9.90 Å². The van der Waals surface area contributed by atoms with E-state index in [4.69, 9.17) is 4.52 Å². The molecule has 1 unspecified atom stereocenters. The zero-order chi connectivity index (χ0) is 15.5. The average molecular weight is 308 g/mol. The summed E-state index contributed by atoms with van der Waals surface area (Å²) in [5.41, 5.74) is 0.772. The Labute approximate surface area is 128 Å². The van der Waals surface area contributed by atoms with Gasteiger partial charge in [-0.15, -0.1) is 11.3 Å². The number of amides is 1. The van der Waals surface area contributed by atoms with Gasteiger partial charge in [0.05, 0.1) is 12.2 Å². The van der Waals surface area contributed by atoms with Crippen molar-refractivity contribution in [2.24, 2.45) is 0 Å². The van der Waals surface area contributed by atoms with Crippen LogP contribution in [0.2, 0.25) is 0 Å². The van der Waals surface area contributed by atoms with Gasteiger partial charge in [-0.2, -0.15) is 0 Å². The van der Waals surface area contributed by atoms with E-state index >= 15 is 0 Å². The van der Waals surface area contributed by atoms with Crippen LogP contribution in [0.25, 0.3) is 0 Å². The standard InChI is InChI=1S/C15H20N2O3S/c1-10-12(11(2)20-17-10)6-7-14(18)16-9-15(3,19)13-5-4-8-21-13/h4-5,8,19H,6-7,9H2,1-3H3,(H,16,18). The Morgan fingerprint density at radius 1 is 1.52 bits per heavy atom. The van der Waals surface area contributed by atoms with Crippen molar-refractivity contribution < 1.29 is 14.4 Å². The monoisotopic (exact) mass is 308 g/mol. The van der Waals surface area contributed by atoms with Crippen LogP contribution in [0.5, 0.6) is 0 Å². The summed E-state index contributed by atoms with van der Waals surface area (Å²) in [6, 6.07) is 3.74. The lowest BCUT2D eigenvalue weighted by Gasteiger charge is -2.22. The summed E-state index contributed by atoms with van der Waals surface area (Å²) in [7, 11) is 0. The highest BCUT2D eigenvalue weighted by Crippen LogP contribution is 2.24. The first kappa shape index (κ1) is 15.7. The predicted octanol–water partition coefficient (Wildman–Crippen LogP) is 2.31. The molecule has 1 amide bonds. The molecule has 0 aliphatic carbocycles. The topological polar surface area (TPSA) is 75.4 Å². The molecule has 0 aliphatic heterocycles. The predicted molar refractivity (Wildman–Crippen MR) is 81.2 cm³/mol. The molecule has 0 aliphatic rings. The van der Waals surface area contributed by atoms with Crippen molar-refractivity contribution in [2.45, 2.75) is 39.2 Å². The number of rotatable bonds is 6. The number of aryl methyl sites for hydroxylation is 2. The Kier molecular flexibility index (Phi) is 4.80. The first-order valence-electron chi connectivity index (χ1n) is 6.85. The fraction of sp³-hybridized carbons (Fsp3) is 0.467. The van der Waals surface area contributed by atoms with Crippen molar-refractivity contribution in [1.82, 2.24) is 10.5 Å². The molecule has 0 bridgehead atoms. The lowest BCUT2D eigenvalue weighted by atomic mass is 10.0. The molecule has 0 spiro atoms. The van der Waals surface area contributed by atoms with E-state index in [2.05, 4.69) is 10.5 Å². The van der Waals surface area contributed by atoms with Crippen molar-refractivity contribution in [3.8, 4) is 0 Å². The zero-order valence-electron chi connectivity index (χ0n) is 12.5. The van der Waals surface area contributed by atoms with Crippen molar-refractivity contribution in [3.05, 3.63) is 39.4 Å². The number of nitrogens with one attached hydrogen (secondary N) is 1. The Morgan fingerprint density at radius 2 is 2.29 bits per heavy atom. The summed E-state index contributed by atoms with van der Waals surface area (Å²) in [5.74, 6) is 0.665. The van der Waals surface area contributed by atoms with Gasteiger partial charge in [-0.25, -0.2) is 0 Å². The molecule has 2 N–H and O–H groups in total. The van der Waals surface area contributed by atoms with E-state index in [0.29, 0.717) is 12.8 Å². The van der Waals surface area contributed by atoms with Crippen LogP contribution in [-0.2, 0) is 16.8 Å². The zero-order valence-corrected chi connectivity index (χ0v) is 13.3. The van der Waals surface area contributed by atoms with Crippen LogP contribution in [0, 0.1) is 13.8 Å². The van der Waals surface area contributed by atoms with Crippen LogP contribution in [0.1, 0.15) is 35.2 Å². The minimum absolute atomic E-state index is 0.0909. The lowest BCUT2D eigenvalue weighted by molar-refractivity contribution is -0.122. The largest absolute Gasteiger partial charge is 0.383 e. The van der Waals surface area contributed by atoms with Gasteiger partial charge < -0.3 is 14.9 Å². The number of hydrogen-bond acceptors (Lipinski definition) is 5. The highest BCUT2D eigenvalue weighted by Gasteiger charge is 2.24. The molecular formula is C15H20N2O3S. The number of nitrogens with zero attached hydrogens (tertiary/aromatic N) is 1. The molecule has 114 valence electrons. The Balaban J connectivity index is 1.83. The lowest BCUT2D eigenvalue weighted by Crippen LogP contribution is -2.38. The molecule has 2 aromatic heterocycles. The third-order valence-electron chi connectivity index (χ3n) is 3.47. The Morgan fingerprint density at radius 3 is 2.86 bits per heavy atom. The van der Waals surface area contributed by atoms with Gasteiger partial charge in [-0.05, 0) is 38.6 Å². The number of hydrogen-bond donors (Lipinski definition) is 2. The van der Waals surface area contributed by atoms with Crippen LogP contribution in [0.4, 0.5) is 0 Å². The normalized spacial score (nSPS) is 13.9. The second-order valence-corrected chi connectivity index (χ2v) is 6.28. The average Bonchev–Trinajstić information content (AvgIpc) is 3.06. The van der Waals surface area contributed by atoms with Gasteiger partial charge in [0, 0.05) is 16.9 Å². The van der Waals surface area contributed by atoms with Crippen LogP contribution in [-0.4, -0.2) is 22.7 Å². The second-order valence-electron chi connectivity index (χ2n) is 5.33. The maximum atomic E-state index is 11.9. The smallest absolute Gasteiger partial charge is 0.220 e. The summed E-state index contributed by atoms with van der Waals surface area (Å²) >= 11 is 1.47. The summed E-state index contributed by atoms with van der Waals surface area (Å²) in [6.07, 6.45) is 0.942. The van der Waals surface area contributed by atoms with Crippen LogP contribution < -0.4 is 5.32 Å². The molecule has 6 heteroatoms. The third kappa shape index (κ3) is 3.92. The SMILES string of the molecule is Cc1noc(C)c1CCC(=O)NCC(C)(O)c1cccs1. The van der Waals surface area contributed by atoms with Gasteiger partial charge in [0.2, 0.25) is 5.91 Å². The highest BCUT2D eigenvalue weighted by atomic mass is 32.1. The van der Waals surface area contributed by atoms with E-state index in [1.54, 1.807) is 6.92 Å². The first-order valence-corrected chi connectivity index (χ1v) is 7.73. The summed E-state index contributed by atoms with van der Waals surface area (Å²) in [4.78, 5) is 12.7. The van der Waals surface area contributed by atoms with Gasteiger partial charge in [0.25, 0.3) is 0 Å². The van der Waals surface area contributed by atoms with Crippen LogP contribution in [0.3, 0.4) is 0 Å². The Bertz CT molecular complexity index is 583. The van der Waals surface area contributed by atoms with E-state index in [1.165, 1.54) is 11.3 Å². The van der Waals surface area contributed by atoms with Gasteiger partial charge >= 0.3 is 0 Å². The molecule has 2 heterocycles. The van der Waals surface area contributed by atoms with Crippen molar-refractivity contribution in [1.29, 1.82) is 0 Å². The minimum atomic E-state index is -1.03. The highest BCUT2D eigenvalue weighted by molar-refractivity contribution is 7.10. The summed E-state index contributed by atoms with van der Waals surface area (Å²) in [5, 5.41) is 18.9. The van der Waals surface area contributed by atoms with Crippen LogP contribution in [0.15, 0.2) is 22.0 Å². The van der Waals surface area contributed by atoms with Gasteiger partial charge in [0.1, 0.15) is 11.4 Å². The summed E-state index contributed by atoms with van der Waals surface area (Å²) < 4.78 is 5.07. The van der Waals surface area contributed by atoms with E-state index in [-0.39, 0.29) is 12.5 Å². The molecular weight excluding hydrogens is 288 g/mol. The van der Waals surface area contributed by atoms with E-state index in [0.717, 1.165) is 21.9 Å². The Hall–Kier alpha value is -1.66. The van der Waals surface area contributed by atoms with Crippen molar-refractivity contribution in [3.63, 3.8) is 0 Å². The molecule has 0 radical (unpaired) electrons. The molecule has 0 saturated heterocycles. The molecule has 2 aromatic rings. The number of carbonyl (C=O) groups is 1. The summed E-state index contributed by atoms with van der Waals surface area (Å²) in [6.45, 7) is 5.61. The van der Waals surface area contributed by atoms with E-state index in [1.807, 2.05) is 31.4 Å². The number of aliphatic hydroxyl groups is 1. The number of aromatic nitrogens is 1. The quantitative estimate of drug-likeness (QED) is 0.858. The van der Waals surface area contributed by atoms with Crippen molar-refractivity contribution >= 4 is 17.2 Å². The molecule has 0 saturated carbocycles. The molecule has 21 heavy (non-hydrogen) atoms. The number of carbonyl (C=O) groups excluding carboxylic acids is 1. The first-order chi connectivity index (χ1) is 9.90. The fourth-order valence-corrected chi connectivity index (χ4v) is 2.92. The number of thiophene rings is 1. The molecule has 2 rings (SSSR count). The molecule has 1 atom stereocenters. The molecule has 0 aromatic carbocycles. The van der Waals surface area contributed by atoms with Crippen molar-refractivity contribution in [2.75, 3.05) is 6.54 Å². The van der Waals surface area contributed by atoms with Gasteiger partial charge in [0.15, 0.2) is 0 Å². The minimum Gasteiger partial charge on any atom is -0.383 e. The van der Waals surface area contributed by atoms with Crippen LogP contribution >= 0.6 is 11.3 Å². The maximum Gasteiger partial charge on any atom is 0.220 e.